The van der Waals surface area contributed by atoms with Crippen molar-refractivity contribution in [2.75, 3.05) is 5.01 Å². The topological polar surface area (TPSA) is 41.9 Å². The van der Waals surface area contributed by atoms with Crippen LogP contribution < -0.4 is 9.75 Å². The first-order valence-electron chi connectivity index (χ1n) is 11.1. The predicted octanol–water partition coefficient (Wildman–Crippen LogP) is 7.55. The standard InChI is InChI=1S/C29H19Cl2FN2O2/c30-22-15-21(28(26(31)17-22)36-18-19-11-13-23(32)14-12-19)16-25-27(20-7-3-1-4-8-20)33-34(29(25)35)24-9-5-2-6-10-24/h1-17H,18H2/b25-16-. The fourth-order valence-electron chi connectivity index (χ4n) is 3.83. The van der Waals surface area contributed by atoms with Gasteiger partial charge in [-0.25, -0.2) is 4.39 Å². The largest absolute Gasteiger partial charge is 0.487 e. The number of rotatable bonds is 6. The molecule has 0 atom stereocenters. The Morgan fingerprint density at radius 2 is 1.56 bits per heavy atom. The highest BCUT2D eigenvalue weighted by molar-refractivity contribution is 6.38. The lowest BCUT2D eigenvalue weighted by Crippen LogP contribution is -2.21. The Morgan fingerprint density at radius 3 is 2.25 bits per heavy atom. The Labute approximate surface area is 217 Å². The number of hydrazone groups is 1. The smallest absolute Gasteiger partial charge is 0.281 e. The number of carbonyl (C=O) groups is 1. The third-order valence-corrected chi connectivity index (χ3v) is 6.06. The van der Waals surface area contributed by atoms with Crippen LogP contribution in [-0.4, -0.2) is 11.6 Å². The van der Waals surface area contributed by atoms with Crippen LogP contribution in [-0.2, 0) is 11.4 Å². The van der Waals surface area contributed by atoms with Gasteiger partial charge in [0, 0.05) is 16.1 Å². The summed E-state index contributed by atoms with van der Waals surface area (Å²) < 4.78 is 19.3. The van der Waals surface area contributed by atoms with Crippen molar-refractivity contribution in [1.82, 2.24) is 0 Å². The molecular formula is C29H19Cl2FN2O2. The maximum absolute atomic E-state index is 13.6. The molecule has 7 heteroatoms. The number of amides is 1. The van der Waals surface area contributed by atoms with Gasteiger partial charge in [0.15, 0.2) is 0 Å². The molecule has 4 aromatic rings. The van der Waals surface area contributed by atoms with Crippen LogP contribution in [0.1, 0.15) is 16.7 Å². The van der Waals surface area contributed by atoms with E-state index in [1.807, 2.05) is 60.7 Å². The Balaban J connectivity index is 1.57. The highest BCUT2D eigenvalue weighted by atomic mass is 35.5. The quantitative estimate of drug-likeness (QED) is 0.248. The number of anilines is 1. The number of nitrogens with zero attached hydrogens (tertiary/aromatic N) is 2. The van der Waals surface area contributed by atoms with Crippen LogP contribution in [0.5, 0.6) is 5.75 Å². The Morgan fingerprint density at radius 1 is 0.889 bits per heavy atom. The van der Waals surface area contributed by atoms with Crippen LogP contribution in [0.3, 0.4) is 0 Å². The predicted molar refractivity (Wildman–Crippen MR) is 142 cm³/mol. The van der Waals surface area contributed by atoms with E-state index in [9.17, 15) is 9.18 Å². The van der Waals surface area contributed by atoms with E-state index >= 15 is 0 Å². The summed E-state index contributed by atoms with van der Waals surface area (Å²) in [6.45, 7) is 0.154. The lowest BCUT2D eigenvalue weighted by molar-refractivity contribution is -0.114. The van der Waals surface area contributed by atoms with Gasteiger partial charge in [0.05, 0.1) is 16.3 Å². The second-order valence-electron chi connectivity index (χ2n) is 8.05. The van der Waals surface area contributed by atoms with Crippen molar-refractivity contribution in [1.29, 1.82) is 0 Å². The molecule has 1 heterocycles. The molecule has 0 saturated carbocycles. The van der Waals surface area contributed by atoms with E-state index < -0.39 is 0 Å². The Hall–Kier alpha value is -3.93. The summed E-state index contributed by atoms with van der Waals surface area (Å²) in [4.78, 5) is 13.6. The second kappa shape index (κ2) is 10.4. The van der Waals surface area contributed by atoms with Crippen molar-refractivity contribution in [2.24, 2.45) is 5.10 Å². The molecule has 0 unspecified atom stereocenters. The zero-order chi connectivity index (χ0) is 25.1. The minimum absolute atomic E-state index is 0.154. The van der Waals surface area contributed by atoms with E-state index in [4.69, 9.17) is 27.9 Å². The van der Waals surface area contributed by atoms with Crippen molar-refractivity contribution in [3.8, 4) is 5.75 Å². The number of ether oxygens (including phenoxy) is 1. The van der Waals surface area contributed by atoms with Crippen LogP contribution in [0.15, 0.2) is 108 Å². The van der Waals surface area contributed by atoms with Gasteiger partial charge in [-0.15, -0.1) is 0 Å². The zero-order valence-corrected chi connectivity index (χ0v) is 20.4. The minimum atomic E-state index is -0.329. The molecule has 4 aromatic carbocycles. The van der Waals surface area contributed by atoms with Gasteiger partial charge in [-0.3, -0.25) is 4.79 Å². The molecule has 4 nitrogen and oxygen atoms in total. The minimum Gasteiger partial charge on any atom is -0.487 e. The summed E-state index contributed by atoms with van der Waals surface area (Å²) in [6.07, 6.45) is 1.69. The molecule has 0 spiro atoms. The highest BCUT2D eigenvalue weighted by Gasteiger charge is 2.32. The zero-order valence-electron chi connectivity index (χ0n) is 18.9. The first-order chi connectivity index (χ1) is 17.5. The van der Waals surface area contributed by atoms with Crippen LogP contribution in [0.25, 0.3) is 6.08 Å². The molecule has 1 amide bonds. The summed E-state index contributed by atoms with van der Waals surface area (Å²) in [7, 11) is 0. The molecule has 0 fully saturated rings. The van der Waals surface area contributed by atoms with Gasteiger partial charge >= 0.3 is 0 Å². The molecule has 0 N–H and O–H groups in total. The molecule has 178 valence electrons. The number of carbonyl (C=O) groups excluding carboxylic acids is 1. The summed E-state index contributed by atoms with van der Waals surface area (Å²) in [5.74, 6) is -0.263. The molecule has 1 aliphatic heterocycles. The van der Waals surface area contributed by atoms with E-state index in [0.717, 1.165) is 11.1 Å². The van der Waals surface area contributed by atoms with E-state index in [-0.39, 0.29) is 18.3 Å². The molecule has 1 aliphatic rings. The third kappa shape index (κ3) is 5.03. The fourth-order valence-corrected chi connectivity index (χ4v) is 4.39. The number of hydrogen-bond donors (Lipinski definition) is 0. The molecule has 0 saturated heterocycles. The van der Waals surface area contributed by atoms with Crippen molar-refractivity contribution < 1.29 is 13.9 Å². The van der Waals surface area contributed by atoms with Gasteiger partial charge in [-0.05, 0) is 48.0 Å². The molecule has 5 rings (SSSR count). The number of para-hydroxylation sites is 1. The van der Waals surface area contributed by atoms with E-state index in [1.54, 1.807) is 30.3 Å². The lowest BCUT2D eigenvalue weighted by Gasteiger charge is -2.13. The van der Waals surface area contributed by atoms with Gasteiger partial charge in [0.25, 0.3) is 5.91 Å². The number of hydrogen-bond acceptors (Lipinski definition) is 3. The Kier molecular flexibility index (Phi) is 6.85. The number of benzene rings is 4. The van der Waals surface area contributed by atoms with Gasteiger partial charge in [-0.2, -0.15) is 10.1 Å². The molecule has 36 heavy (non-hydrogen) atoms. The maximum Gasteiger partial charge on any atom is 0.281 e. The maximum atomic E-state index is 13.6. The molecule has 0 bridgehead atoms. The molecule has 0 aliphatic carbocycles. The molecular weight excluding hydrogens is 498 g/mol. The van der Waals surface area contributed by atoms with Crippen LogP contribution in [0, 0.1) is 5.82 Å². The lowest BCUT2D eigenvalue weighted by atomic mass is 10.00. The van der Waals surface area contributed by atoms with Crippen LogP contribution >= 0.6 is 23.2 Å². The van der Waals surface area contributed by atoms with Gasteiger partial charge in [0.2, 0.25) is 0 Å². The molecule has 0 aromatic heterocycles. The van der Waals surface area contributed by atoms with E-state index in [1.165, 1.54) is 17.1 Å². The highest BCUT2D eigenvalue weighted by Crippen LogP contribution is 2.36. The number of halogens is 3. The van der Waals surface area contributed by atoms with Crippen LogP contribution in [0.2, 0.25) is 10.0 Å². The molecule has 0 radical (unpaired) electrons. The van der Waals surface area contributed by atoms with Crippen molar-refractivity contribution >= 4 is 46.6 Å². The van der Waals surface area contributed by atoms with Crippen molar-refractivity contribution in [3.05, 3.63) is 135 Å². The Bertz CT molecular complexity index is 1470. The third-order valence-electron chi connectivity index (χ3n) is 5.56. The summed E-state index contributed by atoms with van der Waals surface area (Å²) in [5, 5.41) is 6.71. The van der Waals surface area contributed by atoms with Gasteiger partial charge in [0.1, 0.15) is 23.9 Å². The first kappa shape index (κ1) is 23.8. The second-order valence-corrected chi connectivity index (χ2v) is 8.89. The normalized spacial score (nSPS) is 14.3. The summed E-state index contributed by atoms with van der Waals surface area (Å²) in [6, 6.07) is 27.9. The summed E-state index contributed by atoms with van der Waals surface area (Å²) in [5.41, 5.74) is 3.62. The van der Waals surface area contributed by atoms with E-state index in [0.29, 0.717) is 38.3 Å². The fraction of sp³-hybridized carbons (Fsp3) is 0.0345. The average molecular weight is 517 g/mol. The summed E-state index contributed by atoms with van der Waals surface area (Å²) >= 11 is 12.8. The van der Waals surface area contributed by atoms with Gasteiger partial charge < -0.3 is 4.74 Å². The first-order valence-corrected chi connectivity index (χ1v) is 11.9. The SMILES string of the molecule is O=C1/C(=C\c2cc(Cl)cc(Cl)c2OCc2ccc(F)cc2)C(c2ccccc2)=NN1c1ccccc1. The average Bonchev–Trinajstić information content (AvgIpc) is 3.21. The van der Waals surface area contributed by atoms with Crippen LogP contribution in [0.4, 0.5) is 10.1 Å². The van der Waals surface area contributed by atoms with Gasteiger partial charge in [-0.1, -0.05) is 83.9 Å². The van der Waals surface area contributed by atoms with Crippen molar-refractivity contribution in [3.63, 3.8) is 0 Å². The van der Waals surface area contributed by atoms with Crippen molar-refractivity contribution in [2.45, 2.75) is 6.61 Å². The van der Waals surface area contributed by atoms with E-state index in [2.05, 4.69) is 5.10 Å². The monoisotopic (exact) mass is 516 g/mol.